The summed E-state index contributed by atoms with van der Waals surface area (Å²) in [5.74, 6) is -1.85. The number of benzene rings is 1. The number of rotatable bonds is 2. The van der Waals surface area contributed by atoms with E-state index in [1.54, 1.807) is 0 Å². The molecule has 1 aliphatic rings. The van der Waals surface area contributed by atoms with Gasteiger partial charge in [0.2, 0.25) is 0 Å². The molecule has 0 spiro atoms. The second-order valence-corrected chi connectivity index (χ2v) is 4.65. The van der Waals surface area contributed by atoms with Crippen LogP contribution in [0.4, 0.5) is 14.5 Å². The van der Waals surface area contributed by atoms with Gasteiger partial charge in [-0.2, -0.15) is 0 Å². The first-order chi connectivity index (χ1) is 8.04. The Hall–Kier alpha value is -1.17. The van der Waals surface area contributed by atoms with Gasteiger partial charge in [0.05, 0.1) is 7.11 Å². The molecule has 0 aromatic heterocycles. The molecule has 0 N–H and O–H groups in total. The average molecular weight is 306 g/mol. The summed E-state index contributed by atoms with van der Waals surface area (Å²) in [4.78, 5) is 12.7. The molecule has 1 saturated heterocycles. The lowest BCUT2D eigenvalue weighted by Gasteiger charge is -2.40. The maximum absolute atomic E-state index is 13.7. The molecule has 0 bridgehead atoms. The summed E-state index contributed by atoms with van der Waals surface area (Å²) in [6.07, 6.45) is 0.543. The minimum Gasteiger partial charge on any atom is -0.467 e. The van der Waals surface area contributed by atoms with Crippen LogP contribution in [0.25, 0.3) is 0 Å². The van der Waals surface area contributed by atoms with Crippen LogP contribution in [0.5, 0.6) is 0 Å². The zero-order valence-corrected chi connectivity index (χ0v) is 10.6. The van der Waals surface area contributed by atoms with Crippen LogP contribution in [0.1, 0.15) is 6.42 Å². The van der Waals surface area contributed by atoms with Crippen LogP contribution in [0, 0.1) is 11.6 Å². The van der Waals surface area contributed by atoms with E-state index in [9.17, 15) is 13.6 Å². The molecule has 92 valence electrons. The van der Waals surface area contributed by atoms with Crippen molar-refractivity contribution in [1.82, 2.24) is 0 Å². The van der Waals surface area contributed by atoms with E-state index in [4.69, 9.17) is 0 Å². The van der Waals surface area contributed by atoms with Crippen LogP contribution >= 0.6 is 15.9 Å². The summed E-state index contributed by atoms with van der Waals surface area (Å²) in [7, 11) is 1.26. The molecule has 0 saturated carbocycles. The number of hydrogen-bond acceptors (Lipinski definition) is 3. The standard InChI is InChI=1S/C11H10BrF2NO2/c1-17-11(16)9-2-3-15(9)10-7(13)4-6(12)5-8(10)14/h4-5,9H,2-3H2,1H3. The van der Waals surface area contributed by atoms with Crippen LogP contribution in [0.15, 0.2) is 16.6 Å². The van der Waals surface area contributed by atoms with Crippen molar-refractivity contribution < 1.29 is 18.3 Å². The third kappa shape index (κ3) is 2.13. The summed E-state index contributed by atoms with van der Waals surface area (Å²) < 4.78 is 32.2. The number of esters is 1. The molecule has 0 radical (unpaired) electrons. The number of halogens is 3. The Morgan fingerprint density at radius 2 is 2.06 bits per heavy atom. The predicted octanol–water partition coefficient (Wildman–Crippen LogP) is 2.48. The van der Waals surface area contributed by atoms with Gasteiger partial charge in [-0.1, -0.05) is 15.9 Å². The van der Waals surface area contributed by atoms with Crippen molar-refractivity contribution in [3.8, 4) is 0 Å². The zero-order valence-electron chi connectivity index (χ0n) is 9.04. The van der Waals surface area contributed by atoms with Gasteiger partial charge in [-0.3, -0.25) is 0 Å². The lowest BCUT2D eigenvalue weighted by molar-refractivity contribution is -0.143. The Kier molecular flexibility index (Phi) is 3.33. The van der Waals surface area contributed by atoms with Crippen LogP contribution < -0.4 is 4.90 Å². The minimum atomic E-state index is -0.689. The van der Waals surface area contributed by atoms with Gasteiger partial charge in [-0.15, -0.1) is 0 Å². The second kappa shape index (κ2) is 4.60. The Labute approximate surface area is 105 Å². The van der Waals surface area contributed by atoms with Crippen molar-refractivity contribution in [2.24, 2.45) is 0 Å². The summed E-state index contributed by atoms with van der Waals surface area (Å²) in [6.45, 7) is 0.440. The van der Waals surface area contributed by atoms with Gasteiger partial charge in [-0.25, -0.2) is 13.6 Å². The highest BCUT2D eigenvalue weighted by Crippen LogP contribution is 2.33. The number of nitrogens with zero attached hydrogens (tertiary/aromatic N) is 1. The molecule has 1 aliphatic heterocycles. The molecule has 0 aliphatic carbocycles. The number of carbonyl (C=O) groups excluding carboxylic acids is 1. The van der Waals surface area contributed by atoms with Crippen molar-refractivity contribution >= 4 is 27.6 Å². The fourth-order valence-electron chi connectivity index (χ4n) is 1.85. The number of carbonyl (C=O) groups is 1. The highest BCUT2D eigenvalue weighted by Gasteiger charge is 2.38. The molecular weight excluding hydrogens is 296 g/mol. The van der Waals surface area contributed by atoms with E-state index < -0.39 is 23.6 Å². The molecule has 0 amide bonds. The van der Waals surface area contributed by atoms with E-state index in [-0.39, 0.29) is 5.69 Å². The quantitative estimate of drug-likeness (QED) is 0.786. The molecule has 2 rings (SSSR count). The van der Waals surface area contributed by atoms with E-state index in [1.165, 1.54) is 24.1 Å². The molecule has 3 nitrogen and oxygen atoms in total. The maximum atomic E-state index is 13.7. The van der Waals surface area contributed by atoms with Crippen molar-refractivity contribution in [2.45, 2.75) is 12.5 Å². The molecule has 1 heterocycles. The Bertz CT molecular complexity index is 444. The van der Waals surface area contributed by atoms with Gasteiger partial charge in [0, 0.05) is 11.0 Å². The maximum Gasteiger partial charge on any atom is 0.328 e. The van der Waals surface area contributed by atoms with Crippen LogP contribution in [-0.2, 0) is 9.53 Å². The smallest absolute Gasteiger partial charge is 0.328 e. The average Bonchev–Trinajstić information content (AvgIpc) is 2.21. The predicted molar refractivity (Wildman–Crippen MR) is 61.8 cm³/mol. The van der Waals surface area contributed by atoms with E-state index in [0.29, 0.717) is 17.4 Å². The highest BCUT2D eigenvalue weighted by atomic mass is 79.9. The number of methoxy groups -OCH3 is 1. The second-order valence-electron chi connectivity index (χ2n) is 3.74. The van der Waals surface area contributed by atoms with E-state index in [0.717, 1.165) is 0 Å². The summed E-state index contributed by atoms with van der Waals surface area (Å²) in [6, 6.07) is 1.75. The monoisotopic (exact) mass is 305 g/mol. The van der Waals surface area contributed by atoms with E-state index >= 15 is 0 Å². The topological polar surface area (TPSA) is 29.5 Å². The molecule has 1 atom stereocenters. The summed E-state index contributed by atoms with van der Waals surface area (Å²) in [5, 5.41) is 0. The first-order valence-electron chi connectivity index (χ1n) is 5.03. The van der Waals surface area contributed by atoms with Crippen LogP contribution in [-0.4, -0.2) is 25.7 Å². The Balaban J connectivity index is 2.32. The number of ether oxygens (including phenoxy) is 1. The van der Waals surface area contributed by atoms with Gasteiger partial charge < -0.3 is 9.64 Å². The highest BCUT2D eigenvalue weighted by molar-refractivity contribution is 9.10. The SMILES string of the molecule is COC(=O)C1CCN1c1c(F)cc(Br)cc1F. The third-order valence-electron chi connectivity index (χ3n) is 2.76. The Morgan fingerprint density at radius 3 is 2.47 bits per heavy atom. The van der Waals surface area contributed by atoms with Gasteiger partial charge >= 0.3 is 5.97 Å². The normalized spacial score (nSPS) is 18.8. The zero-order chi connectivity index (χ0) is 12.6. The lowest BCUT2D eigenvalue weighted by atomic mass is 10.0. The van der Waals surface area contributed by atoms with Gasteiger partial charge in [0.15, 0.2) is 11.6 Å². The number of anilines is 1. The van der Waals surface area contributed by atoms with Gasteiger partial charge in [0.1, 0.15) is 11.7 Å². The molecule has 1 aromatic rings. The molecule has 17 heavy (non-hydrogen) atoms. The molecule has 1 fully saturated rings. The van der Waals surface area contributed by atoms with Crippen LogP contribution in [0.3, 0.4) is 0 Å². The first-order valence-corrected chi connectivity index (χ1v) is 5.83. The molecule has 6 heteroatoms. The molecule has 1 aromatic carbocycles. The fourth-order valence-corrected chi connectivity index (χ4v) is 2.25. The Morgan fingerprint density at radius 1 is 1.47 bits per heavy atom. The van der Waals surface area contributed by atoms with E-state index in [1.807, 2.05) is 0 Å². The largest absolute Gasteiger partial charge is 0.467 e. The molecule has 1 unspecified atom stereocenters. The first kappa shape index (κ1) is 12.3. The number of hydrogen-bond donors (Lipinski definition) is 0. The van der Waals surface area contributed by atoms with Crippen molar-refractivity contribution in [2.75, 3.05) is 18.6 Å². The van der Waals surface area contributed by atoms with E-state index in [2.05, 4.69) is 20.7 Å². The van der Waals surface area contributed by atoms with Crippen LogP contribution in [0.2, 0.25) is 0 Å². The third-order valence-corrected chi connectivity index (χ3v) is 3.22. The fraction of sp³-hybridized carbons (Fsp3) is 0.364. The lowest BCUT2D eigenvalue weighted by Crippen LogP contribution is -2.53. The van der Waals surface area contributed by atoms with Crippen molar-refractivity contribution in [3.63, 3.8) is 0 Å². The van der Waals surface area contributed by atoms with Crippen molar-refractivity contribution in [1.29, 1.82) is 0 Å². The summed E-state index contributed by atoms with van der Waals surface area (Å²) in [5.41, 5.74) is -0.171. The van der Waals surface area contributed by atoms with Crippen molar-refractivity contribution in [3.05, 3.63) is 28.2 Å². The molecular formula is C11H10BrF2NO2. The van der Waals surface area contributed by atoms with Gasteiger partial charge in [0.25, 0.3) is 0 Å². The van der Waals surface area contributed by atoms with Gasteiger partial charge in [-0.05, 0) is 18.6 Å². The minimum absolute atomic E-state index is 0.171. The summed E-state index contributed by atoms with van der Waals surface area (Å²) >= 11 is 3.00.